The van der Waals surface area contributed by atoms with Gasteiger partial charge in [0.05, 0.1) is 5.56 Å². The summed E-state index contributed by atoms with van der Waals surface area (Å²) in [6, 6.07) is 10.3. The second kappa shape index (κ2) is 9.00. The zero-order valence-electron chi connectivity index (χ0n) is 14.6. The minimum Gasteiger partial charge on any atom is -0.449 e. The number of benzene rings is 1. The van der Waals surface area contributed by atoms with Crippen LogP contribution in [0.1, 0.15) is 22.8 Å². The van der Waals surface area contributed by atoms with Gasteiger partial charge >= 0.3 is 12.0 Å². The highest BCUT2D eigenvalue weighted by Gasteiger charge is 2.22. The van der Waals surface area contributed by atoms with Crippen LogP contribution in [0.3, 0.4) is 0 Å². The molecule has 0 radical (unpaired) electrons. The van der Waals surface area contributed by atoms with Crippen molar-refractivity contribution in [3.8, 4) is 0 Å². The van der Waals surface area contributed by atoms with Crippen molar-refractivity contribution in [2.45, 2.75) is 29.9 Å². The Bertz CT molecular complexity index is 808. The Labute approximate surface area is 155 Å². The SMILES string of the molecule is CNC(=O)NC(=O)[C@@H](C)OC(=O)c1cccnc1Sc1ccc(C)cc1. The summed E-state index contributed by atoms with van der Waals surface area (Å²) in [4.78, 5) is 40.6. The van der Waals surface area contributed by atoms with Gasteiger partial charge in [-0.3, -0.25) is 10.1 Å². The number of amides is 3. The van der Waals surface area contributed by atoms with Gasteiger partial charge in [-0.1, -0.05) is 29.5 Å². The number of esters is 1. The number of aromatic nitrogens is 1. The van der Waals surface area contributed by atoms with Crippen molar-refractivity contribution in [3.05, 3.63) is 53.7 Å². The van der Waals surface area contributed by atoms with Crippen molar-refractivity contribution in [3.63, 3.8) is 0 Å². The molecule has 0 saturated heterocycles. The highest BCUT2D eigenvalue weighted by atomic mass is 32.2. The Morgan fingerprint density at radius 3 is 2.50 bits per heavy atom. The minimum absolute atomic E-state index is 0.248. The molecular formula is C18H19N3O4S. The standard InChI is InChI=1S/C18H19N3O4S/c1-11-6-8-13(9-7-11)26-16-14(5-4-10-20-16)17(23)25-12(2)15(22)21-18(24)19-3/h4-10,12H,1-3H3,(H2,19,21,22,24)/t12-/m1/s1. The maximum atomic E-state index is 12.4. The first kappa shape index (κ1) is 19.5. The van der Waals surface area contributed by atoms with Crippen LogP contribution < -0.4 is 10.6 Å². The van der Waals surface area contributed by atoms with Crippen LogP contribution >= 0.6 is 11.8 Å². The summed E-state index contributed by atoms with van der Waals surface area (Å²) in [5, 5.41) is 4.78. The third-order valence-electron chi connectivity index (χ3n) is 3.34. The number of rotatable bonds is 5. The lowest BCUT2D eigenvalue weighted by Gasteiger charge is -2.14. The molecule has 2 N–H and O–H groups in total. The predicted octanol–water partition coefficient (Wildman–Crippen LogP) is 2.54. The first-order valence-corrected chi connectivity index (χ1v) is 8.65. The highest BCUT2D eigenvalue weighted by Crippen LogP contribution is 2.29. The number of aryl methyl sites for hydroxylation is 1. The molecule has 0 aliphatic carbocycles. The molecular weight excluding hydrogens is 354 g/mol. The molecule has 0 fully saturated rings. The molecule has 0 aliphatic rings. The van der Waals surface area contributed by atoms with Gasteiger partial charge in [0.1, 0.15) is 5.03 Å². The third-order valence-corrected chi connectivity index (χ3v) is 4.37. The number of carbonyl (C=O) groups excluding carboxylic acids is 3. The third kappa shape index (κ3) is 5.32. The normalized spacial score (nSPS) is 11.3. The topological polar surface area (TPSA) is 97.4 Å². The molecule has 2 rings (SSSR count). The Balaban J connectivity index is 2.10. The largest absolute Gasteiger partial charge is 0.449 e. The van der Waals surface area contributed by atoms with E-state index in [-0.39, 0.29) is 5.56 Å². The van der Waals surface area contributed by atoms with Crippen LogP contribution in [0, 0.1) is 6.92 Å². The van der Waals surface area contributed by atoms with Gasteiger partial charge in [-0.15, -0.1) is 0 Å². The molecule has 26 heavy (non-hydrogen) atoms. The number of hydrogen-bond donors (Lipinski definition) is 2. The van der Waals surface area contributed by atoms with Gasteiger partial charge in [0.25, 0.3) is 5.91 Å². The number of carbonyl (C=O) groups is 3. The summed E-state index contributed by atoms with van der Waals surface area (Å²) in [7, 11) is 1.38. The van der Waals surface area contributed by atoms with E-state index in [9.17, 15) is 14.4 Å². The van der Waals surface area contributed by atoms with E-state index >= 15 is 0 Å². The zero-order chi connectivity index (χ0) is 19.1. The van der Waals surface area contributed by atoms with Gasteiger partial charge in [-0.05, 0) is 38.1 Å². The van der Waals surface area contributed by atoms with Crippen molar-refractivity contribution < 1.29 is 19.1 Å². The van der Waals surface area contributed by atoms with Gasteiger partial charge in [0, 0.05) is 18.1 Å². The lowest BCUT2D eigenvalue weighted by molar-refractivity contribution is -0.127. The summed E-state index contributed by atoms with van der Waals surface area (Å²) in [5.74, 6) is -1.40. The maximum absolute atomic E-state index is 12.4. The number of urea groups is 1. The van der Waals surface area contributed by atoms with E-state index in [0.29, 0.717) is 5.03 Å². The van der Waals surface area contributed by atoms with Crippen LogP contribution in [0.5, 0.6) is 0 Å². The second-order valence-corrected chi connectivity index (χ2v) is 6.45. The summed E-state index contributed by atoms with van der Waals surface area (Å²) in [5.41, 5.74) is 1.38. The Morgan fingerprint density at radius 2 is 1.85 bits per heavy atom. The van der Waals surface area contributed by atoms with E-state index in [4.69, 9.17) is 4.74 Å². The number of nitrogens with zero attached hydrogens (tertiary/aromatic N) is 1. The number of imide groups is 1. The van der Waals surface area contributed by atoms with Crippen LogP contribution in [0.15, 0.2) is 52.5 Å². The molecule has 0 saturated carbocycles. The van der Waals surface area contributed by atoms with Gasteiger partial charge in [0.2, 0.25) is 0 Å². The zero-order valence-corrected chi connectivity index (χ0v) is 15.4. The molecule has 0 bridgehead atoms. The van der Waals surface area contributed by atoms with Gasteiger partial charge in [0.15, 0.2) is 6.10 Å². The molecule has 7 nitrogen and oxygen atoms in total. The van der Waals surface area contributed by atoms with Crippen molar-refractivity contribution >= 4 is 29.7 Å². The van der Waals surface area contributed by atoms with E-state index in [1.165, 1.54) is 25.7 Å². The van der Waals surface area contributed by atoms with Gasteiger partial charge in [-0.25, -0.2) is 14.6 Å². The second-order valence-electron chi connectivity index (χ2n) is 5.39. The fourth-order valence-electron chi connectivity index (χ4n) is 1.90. The average Bonchev–Trinajstić information content (AvgIpc) is 2.63. The molecule has 136 valence electrons. The molecule has 0 aliphatic heterocycles. The van der Waals surface area contributed by atoms with Crippen LogP contribution in [-0.2, 0) is 9.53 Å². The van der Waals surface area contributed by atoms with E-state index in [1.54, 1.807) is 18.3 Å². The maximum Gasteiger partial charge on any atom is 0.341 e. The van der Waals surface area contributed by atoms with Crippen molar-refractivity contribution in [2.75, 3.05) is 7.05 Å². The van der Waals surface area contributed by atoms with E-state index in [0.717, 1.165) is 10.5 Å². The first-order valence-electron chi connectivity index (χ1n) is 7.83. The molecule has 1 aromatic carbocycles. The van der Waals surface area contributed by atoms with E-state index < -0.39 is 24.0 Å². The molecule has 1 aromatic heterocycles. The number of hydrogen-bond acceptors (Lipinski definition) is 6. The van der Waals surface area contributed by atoms with Crippen LogP contribution in [0.2, 0.25) is 0 Å². The predicted molar refractivity (Wildman–Crippen MR) is 97.0 cm³/mol. The first-order chi connectivity index (χ1) is 12.4. The molecule has 3 amide bonds. The minimum atomic E-state index is -1.13. The van der Waals surface area contributed by atoms with Gasteiger partial charge < -0.3 is 10.1 Å². The van der Waals surface area contributed by atoms with Gasteiger partial charge in [-0.2, -0.15) is 0 Å². The lowest BCUT2D eigenvalue weighted by Crippen LogP contribution is -2.43. The van der Waals surface area contributed by atoms with Crippen molar-refractivity contribution in [1.29, 1.82) is 0 Å². The summed E-state index contributed by atoms with van der Waals surface area (Å²) in [6.45, 7) is 3.38. The van der Waals surface area contributed by atoms with Crippen LogP contribution in [-0.4, -0.2) is 36.0 Å². The summed E-state index contributed by atoms with van der Waals surface area (Å²) in [6.07, 6.45) is 0.451. The van der Waals surface area contributed by atoms with E-state index in [1.807, 2.05) is 31.2 Å². The lowest BCUT2D eigenvalue weighted by atomic mass is 10.2. The monoisotopic (exact) mass is 373 g/mol. The van der Waals surface area contributed by atoms with Crippen LogP contribution in [0.25, 0.3) is 0 Å². The Morgan fingerprint density at radius 1 is 1.15 bits per heavy atom. The number of pyridine rings is 1. The Kier molecular flexibility index (Phi) is 6.74. The van der Waals surface area contributed by atoms with Crippen molar-refractivity contribution in [1.82, 2.24) is 15.6 Å². The molecule has 8 heteroatoms. The Hall–Kier alpha value is -2.87. The molecule has 1 heterocycles. The van der Waals surface area contributed by atoms with Crippen LogP contribution in [0.4, 0.5) is 4.79 Å². The summed E-state index contributed by atoms with van der Waals surface area (Å²) >= 11 is 1.32. The summed E-state index contributed by atoms with van der Waals surface area (Å²) < 4.78 is 5.16. The molecule has 1 atom stereocenters. The smallest absolute Gasteiger partial charge is 0.341 e. The quantitative estimate of drug-likeness (QED) is 0.782. The van der Waals surface area contributed by atoms with E-state index in [2.05, 4.69) is 15.6 Å². The molecule has 0 spiro atoms. The molecule has 0 unspecified atom stereocenters. The fraction of sp³-hybridized carbons (Fsp3) is 0.222. The number of nitrogens with one attached hydrogen (secondary N) is 2. The van der Waals surface area contributed by atoms with Crippen molar-refractivity contribution in [2.24, 2.45) is 0 Å². The average molecular weight is 373 g/mol. The number of ether oxygens (including phenoxy) is 1. The molecule has 2 aromatic rings. The highest BCUT2D eigenvalue weighted by molar-refractivity contribution is 7.99. The fourth-order valence-corrected chi connectivity index (χ4v) is 2.77.